The second kappa shape index (κ2) is 10.6. The molecule has 0 radical (unpaired) electrons. The zero-order chi connectivity index (χ0) is 23.8. The van der Waals surface area contributed by atoms with Crippen molar-refractivity contribution in [1.82, 2.24) is 5.43 Å². The van der Waals surface area contributed by atoms with Crippen LogP contribution in [-0.2, 0) is 16.6 Å². The van der Waals surface area contributed by atoms with Crippen molar-refractivity contribution in [2.24, 2.45) is 5.10 Å². The van der Waals surface area contributed by atoms with Gasteiger partial charge in [-0.25, -0.2) is 13.8 Å². The van der Waals surface area contributed by atoms with Crippen LogP contribution in [0.1, 0.15) is 21.5 Å². The Morgan fingerprint density at radius 2 is 1.70 bits per heavy atom. The lowest BCUT2D eigenvalue weighted by Crippen LogP contribution is -2.29. The molecule has 0 aliphatic heterocycles. The summed E-state index contributed by atoms with van der Waals surface area (Å²) in [7, 11) is -0.374. The number of hydrazone groups is 1. The Morgan fingerprint density at radius 3 is 2.30 bits per heavy atom. The number of rotatable bonds is 9. The van der Waals surface area contributed by atoms with E-state index in [0.29, 0.717) is 28.3 Å². The van der Waals surface area contributed by atoms with E-state index in [0.717, 1.165) is 11.8 Å². The quantitative estimate of drug-likeness (QED) is 0.384. The molecule has 3 aromatic carbocycles. The summed E-state index contributed by atoms with van der Waals surface area (Å²) in [6, 6.07) is 20.8. The summed E-state index contributed by atoms with van der Waals surface area (Å²) < 4.78 is 36.3. The number of ether oxygens (including phenoxy) is 2. The maximum atomic E-state index is 12.4. The molecule has 0 unspecified atom stereocenters. The summed E-state index contributed by atoms with van der Waals surface area (Å²) in [5.74, 6) is 0.814. The molecule has 172 valence electrons. The van der Waals surface area contributed by atoms with E-state index < -0.39 is 15.9 Å². The van der Waals surface area contributed by atoms with Gasteiger partial charge in [-0.05, 0) is 42.0 Å². The van der Waals surface area contributed by atoms with Gasteiger partial charge in [0.05, 0.1) is 38.9 Å². The molecule has 0 bridgehead atoms. The van der Waals surface area contributed by atoms with E-state index in [4.69, 9.17) is 9.47 Å². The molecule has 0 atom stereocenters. The van der Waals surface area contributed by atoms with Crippen LogP contribution in [0.4, 0.5) is 5.69 Å². The Kier molecular flexibility index (Phi) is 7.68. The predicted molar refractivity (Wildman–Crippen MR) is 129 cm³/mol. The van der Waals surface area contributed by atoms with Crippen LogP contribution in [0.2, 0.25) is 0 Å². The largest absolute Gasteiger partial charge is 0.497 e. The normalized spacial score (nSPS) is 11.2. The third-order valence-corrected chi connectivity index (χ3v) is 5.94. The van der Waals surface area contributed by atoms with E-state index in [1.54, 1.807) is 73.8 Å². The van der Waals surface area contributed by atoms with E-state index in [9.17, 15) is 13.2 Å². The minimum atomic E-state index is -3.47. The summed E-state index contributed by atoms with van der Waals surface area (Å²) in [6.07, 6.45) is 2.64. The van der Waals surface area contributed by atoms with Gasteiger partial charge >= 0.3 is 0 Å². The molecule has 8 nitrogen and oxygen atoms in total. The van der Waals surface area contributed by atoms with E-state index in [-0.39, 0.29) is 6.54 Å². The van der Waals surface area contributed by atoms with Crippen molar-refractivity contribution in [2.45, 2.75) is 6.54 Å². The standard InChI is InChI=1S/C24H25N3O5S/c1-31-22-14-13-20(23(15-22)32-2)16-25-26-24(28)19-11-9-18(10-12-19)17-27(33(3,29)30)21-7-5-4-6-8-21/h4-16H,17H2,1-3H3,(H,26,28)/b25-16-. The van der Waals surface area contributed by atoms with E-state index in [1.165, 1.54) is 17.6 Å². The van der Waals surface area contributed by atoms with Crippen molar-refractivity contribution < 1.29 is 22.7 Å². The number of nitrogens with one attached hydrogen (secondary N) is 1. The van der Waals surface area contributed by atoms with E-state index >= 15 is 0 Å². The summed E-state index contributed by atoms with van der Waals surface area (Å²) in [4.78, 5) is 12.4. The first-order valence-corrected chi connectivity index (χ1v) is 11.8. The molecule has 0 aliphatic rings. The number of carbonyl (C=O) groups is 1. The molecule has 0 saturated heterocycles. The average Bonchev–Trinajstić information content (AvgIpc) is 2.82. The van der Waals surface area contributed by atoms with Crippen molar-refractivity contribution in [2.75, 3.05) is 24.8 Å². The number of benzene rings is 3. The molecule has 0 heterocycles. The Bertz CT molecular complexity index is 1230. The van der Waals surface area contributed by atoms with Crippen molar-refractivity contribution >= 4 is 27.8 Å². The predicted octanol–water partition coefficient (Wildman–Crippen LogP) is 3.43. The molecule has 33 heavy (non-hydrogen) atoms. The number of methoxy groups -OCH3 is 2. The number of para-hydroxylation sites is 1. The Hall–Kier alpha value is -3.85. The lowest BCUT2D eigenvalue weighted by atomic mass is 10.1. The van der Waals surface area contributed by atoms with Crippen LogP contribution in [0.15, 0.2) is 77.9 Å². The summed E-state index contributed by atoms with van der Waals surface area (Å²) in [5, 5.41) is 3.99. The maximum Gasteiger partial charge on any atom is 0.271 e. The molecule has 0 aliphatic carbocycles. The molecule has 0 saturated carbocycles. The minimum Gasteiger partial charge on any atom is -0.497 e. The maximum absolute atomic E-state index is 12.4. The van der Waals surface area contributed by atoms with Crippen LogP contribution in [0.25, 0.3) is 0 Å². The van der Waals surface area contributed by atoms with Crippen LogP contribution in [-0.4, -0.2) is 41.0 Å². The summed E-state index contributed by atoms with van der Waals surface area (Å²) in [6.45, 7) is 0.153. The fourth-order valence-electron chi connectivity index (χ4n) is 3.07. The second-order valence-corrected chi connectivity index (χ2v) is 9.02. The third-order valence-electron chi connectivity index (χ3n) is 4.80. The summed E-state index contributed by atoms with van der Waals surface area (Å²) >= 11 is 0. The van der Waals surface area contributed by atoms with E-state index in [2.05, 4.69) is 10.5 Å². The molecule has 1 amide bonds. The van der Waals surface area contributed by atoms with Gasteiger partial charge in [-0.2, -0.15) is 5.10 Å². The molecular formula is C24H25N3O5S. The molecular weight excluding hydrogens is 442 g/mol. The monoisotopic (exact) mass is 467 g/mol. The number of hydrogen-bond acceptors (Lipinski definition) is 6. The van der Waals surface area contributed by atoms with E-state index in [1.807, 2.05) is 6.07 Å². The van der Waals surface area contributed by atoms with Crippen LogP contribution >= 0.6 is 0 Å². The first kappa shape index (κ1) is 23.8. The smallest absolute Gasteiger partial charge is 0.271 e. The number of carbonyl (C=O) groups excluding carboxylic acids is 1. The molecule has 3 rings (SSSR count). The Balaban J connectivity index is 1.67. The highest BCUT2D eigenvalue weighted by molar-refractivity contribution is 7.92. The van der Waals surface area contributed by atoms with Gasteiger partial charge in [0.2, 0.25) is 10.0 Å². The van der Waals surface area contributed by atoms with Crippen molar-refractivity contribution in [1.29, 1.82) is 0 Å². The van der Waals surface area contributed by atoms with Gasteiger partial charge in [0.25, 0.3) is 5.91 Å². The zero-order valence-corrected chi connectivity index (χ0v) is 19.4. The van der Waals surface area contributed by atoms with Crippen LogP contribution in [0.5, 0.6) is 11.5 Å². The van der Waals surface area contributed by atoms with Gasteiger partial charge in [-0.3, -0.25) is 9.10 Å². The number of anilines is 1. The molecule has 0 aromatic heterocycles. The fourth-order valence-corrected chi connectivity index (χ4v) is 3.96. The van der Waals surface area contributed by atoms with Gasteiger partial charge < -0.3 is 9.47 Å². The Labute approximate surface area is 193 Å². The van der Waals surface area contributed by atoms with Gasteiger partial charge in [0.15, 0.2) is 0 Å². The van der Waals surface area contributed by atoms with Gasteiger partial charge in [-0.15, -0.1) is 0 Å². The highest BCUT2D eigenvalue weighted by atomic mass is 32.2. The third kappa shape index (κ3) is 6.33. The first-order chi connectivity index (χ1) is 15.8. The van der Waals surface area contributed by atoms with Crippen LogP contribution in [0, 0.1) is 0 Å². The molecule has 9 heteroatoms. The number of nitrogens with zero attached hydrogens (tertiary/aromatic N) is 2. The van der Waals surface area contributed by atoms with Crippen LogP contribution in [0.3, 0.4) is 0 Å². The van der Waals surface area contributed by atoms with Gasteiger partial charge in [0, 0.05) is 17.2 Å². The lowest BCUT2D eigenvalue weighted by Gasteiger charge is -2.22. The molecule has 0 fully saturated rings. The summed E-state index contributed by atoms with van der Waals surface area (Å²) in [5.41, 5.74) is 4.86. The fraction of sp³-hybridized carbons (Fsp3) is 0.167. The topological polar surface area (TPSA) is 97.3 Å². The number of hydrogen-bond donors (Lipinski definition) is 1. The van der Waals surface area contributed by atoms with Crippen molar-refractivity contribution in [3.8, 4) is 11.5 Å². The molecule has 0 spiro atoms. The van der Waals surface area contributed by atoms with Crippen molar-refractivity contribution in [3.63, 3.8) is 0 Å². The first-order valence-electron chi connectivity index (χ1n) is 9.99. The highest BCUT2D eigenvalue weighted by Crippen LogP contribution is 2.23. The minimum absolute atomic E-state index is 0.153. The van der Waals surface area contributed by atoms with Gasteiger partial charge in [-0.1, -0.05) is 30.3 Å². The van der Waals surface area contributed by atoms with Crippen LogP contribution < -0.4 is 19.2 Å². The van der Waals surface area contributed by atoms with Gasteiger partial charge in [0.1, 0.15) is 11.5 Å². The van der Waals surface area contributed by atoms with Crippen molar-refractivity contribution in [3.05, 3.63) is 89.5 Å². The SMILES string of the molecule is COc1ccc(/C=N\NC(=O)c2ccc(CN(c3ccccc3)S(C)(=O)=O)cc2)c(OC)c1. The second-order valence-electron chi connectivity index (χ2n) is 7.11. The molecule has 3 aromatic rings. The highest BCUT2D eigenvalue weighted by Gasteiger charge is 2.17. The zero-order valence-electron chi connectivity index (χ0n) is 18.6. The number of sulfonamides is 1. The molecule has 1 N–H and O–H groups in total. The number of amides is 1. The lowest BCUT2D eigenvalue weighted by molar-refractivity contribution is 0.0955. The Morgan fingerprint density at radius 1 is 1.00 bits per heavy atom. The average molecular weight is 468 g/mol.